The van der Waals surface area contributed by atoms with Gasteiger partial charge in [-0.15, -0.1) is 0 Å². The minimum atomic E-state index is 0.130. The molecular formula is C23H36N2O3. The fourth-order valence-electron chi connectivity index (χ4n) is 4.73. The third-order valence-corrected chi connectivity index (χ3v) is 6.34. The molecular weight excluding hydrogens is 352 g/mol. The maximum Gasteiger partial charge on any atom is 0.220 e. The number of rotatable bonds is 9. The van der Waals surface area contributed by atoms with E-state index in [1.165, 1.54) is 58.2 Å². The van der Waals surface area contributed by atoms with Crippen LogP contribution in [0.15, 0.2) is 18.2 Å². The molecule has 0 aromatic heterocycles. The Kier molecular flexibility index (Phi) is 8.01. The monoisotopic (exact) mass is 388 g/mol. The Labute approximate surface area is 169 Å². The highest BCUT2D eigenvalue weighted by atomic mass is 16.5. The maximum atomic E-state index is 12.4. The minimum Gasteiger partial charge on any atom is -0.497 e. The van der Waals surface area contributed by atoms with Crippen molar-refractivity contribution in [1.82, 2.24) is 10.2 Å². The van der Waals surface area contributed by atoms with Gasteiger partial charge in [-0.3, -0.25) is 4.79 Å². The van der Waals surface area contributed by atoms with Gasteiger partial charge in [0.25, 0.3) is 0 Å². The Bertz CT molecular complexity index is 628. The number of benzene rings is 1. The molecule has 2 aliphatic rings. The van der Waals surface area contributed by atoms with Crippen LogP contribution in [0.1, 0.15) is 56.9 Å². The van der Waals surface area contributed by atoms with Crippen molar-refractivity contribution < 1.29 is 14.3 Å². The van der Waals surface area contributed by atoms with Crippen molar-refractivity contribution >= 4 is 5.91 Å². The van der Waals surface area contributed by atoms with Gasteiger partial charge in [0.15, 0.2) is 0 Å². The number of nitrogens with one attached hydrogen (secondary N) is 1. The SMILES string of the molecule is COc1ccc(CNC(=O)CC[C@H]2CCCN(CC3CCCC3)C2)c(OC)c1. The van der Waals surface area contributed by atoms with E-state index < -0.39 is 0 Å². The van der Waals surface area contributed by atoms with Crippen LogP contribution in [-0.4, -0.2) is 44.7 Å². The van der Waals surface area contributed by atoms with E-state index in [9.17, 15) is 4.79 Å². The molecule has 0 bridgehead atoms. The standard InChI is InChI=1S/C23H36N2O3/c1-27-21-11-10-20(22(14-21)28-2)15-24-23(26)12-9-19-8-5-13-25(17-19)16-18-6-3-4-7-18/h10-11,14,18-19H,3-9,12-13,15-17H2,1-2H3,(H,24,26)/t19-/m1/s1. The Hall–Kier alpha value is -1.75. The van der Waals surface area contributed by atoms with E-state index in [-0.39, 0.29) is 5.91 Å². The van der Waals surface area contributed by atoms with Crippen molar-refractivity contribution in [2.75, 3.05) is 33.9 Å². The van der Waals surface area contributed by atoms with Crippen molar-refractivity contribution in [2.24, 2.45) is 11.8 Å². The highest BCUT2D eigenvalue weighted by molar-refractivity contribution is 5.75. The number of carbonyl (C=O) groups excluding carboxylic acids is 1. The van der Waals surface area contributed by atoms with Gasteiger partial charge in [0.1, 0.15) is 11.5 Å². The lowest BCUT2D eigenvalue weighted by Gasteiger charge is -2.34. The van der Waals surface area contributed by atoms with E-state index in [1.54, 1.807) is 14.2 Å². The number of likely N-dealkylation sites (tertiary alicyclic amines) is 1. The maximum absolute atomic E-state index is 12.4. The normalized spacial score (nSPS) is 20.9. The Morgan fingerprint density at radius 2 is 1.89 bits per heavy atom. The Balaban J connectivity index is 1.39. The van der Waals surface area contributed by atoms with E-state index in [4.69, 9.17) is 9.47 Å². The van der Waals surface area contributed by atoms with Gasteiger partial charge in [-0.25, -0.2) is 0 Å². The first-order valence-corrected chi connectivity index (χ1v) is 10.9. The first kappa shape index (κ1) is 21.0. The molecule has 2 fully saturated rings. The summed E-state index contributed by atoms with van der Waals surface area (Å²) in [5.74, 6) is 3.21. The minimum absolute atomic E-state index is 0.130. The van der Waals surface area contributed by atoms with Crippen molar-refractivity contribution in [3.63, 3.8) is 0 Å². The van der Waals surface area contributed by atoms with Gasteiger partial charge in [-0.1, -0.05) is 12.8 Å². The van der Waals surface area contributed by atoms with Crippen LogP contribution in [0.25, 0.3) is 0 Å². The summed E-state index contributed by atoms with van der Waals surface area (Å²) in [5.41, 5.74) is 0.969. The summed E-state index contributed by atoms with van der Waals surface area (Å²) in [7, 11) is 3.27. The fourth-order valence-corrected chi connectivity index (χ4v) is 4.73. The van der Waals surface area contributed by atoms with Crippen LogP contribution in [-0.2, 0) is 11.3 Å². The summed E-state index contributed by atoms with van der Waals surface area (Å²) < 4.78 is 10.6. The highest BCUT2D eigenvalue weighted by Crippen LogP contribution is 2.28. The predicted octanol–water partition coefficient (Wildman–Crippen LogP) is 4.00. The molecule has 1 saturated carbocycles. The molecule has 1 amide bonds. The van der Waals surface area contributed by atoms with Crippen LogP contribution in [0.5, 0.6) is 11.5 Å². The summed E-state index contributed by atoms with van der Waals surface area (Å²) in [5, 5.41) is 3.05. The molecule has 1 atom stereocenters. The largest absolute Gasteiger partial charge is 0.497 e. The fraction of sp³-hybridized carbons (Fsp3) is 0.696. The lowest BCUT2D eigenvalue weighted by atomic mass is 9.92. The average Bonchev–Trinajstić information content (AvgIpc) is 3.23. The van der Waals surface area contributed by atoms with Crippen LogP contribution in [0, 0.1) is 11.8 Å². The molecule has 0 radical (unpaired) electrons. The smallest absolute Gasteiger partial charge is 0.220 e. The van der Waals surface area contributed by atoms with Crippen LogP contribution in [0.3, 0.4) is 0 Å². The molecule has 156 valence electrons. The van der Waals surface area contributed by atoms with Gasteiger partial charge in [0.05, 0.1) is 14.2 Å². The molecule has 5 heteroatoms. The number of methoxy groups -OCH3 is 2. The second kappa shape index (κ2) is 10.7. The molecule has 5 nitrogen and oxygen atoms in total. The summed E-state index contributed by atoms with van der Waals surface area (Å²) in [6.07, 6.45) is 9.81. The summed E-state index contributed by atoms with van der Waals surface area (Å²) in [6.45, 7) is 4.19. The van der Waals surface area contributed by atoms with Crippen LogP contribution >= 0.6 is 0 Å². The summed E-state index contributed by atoms with van der Waals surface area (Å²) in [4.78, 5) is 15.0. The molecule has 1 saturated heterocycles. The number of hydrogen-bond acceptors (Lipinski definition) is 4. The topological polar surface area (TPSA) is 50.8 Å². The molecule has 1 aromatic carbocycles. The predicted molar refractivity (Wildman–Crippen MR) is 112 cm³/mol. The van der Waals surface area contributed by atoms with Gasteiger partial charge in [-0.2, -0.15) is 0 Å². The molecule has 1 heterocycles. The van der Waals surface area contributed by atoms with Crippen LogP contribution < -0.4 is 14.8 Å². The van der Waals surface area contributed by atoms with E-state index in [0.29, 0.717) is 18.9 Å². The third kappa shape index (κ3) is 6.13. The zero-order valence-corrected chi connectivity index (χ0v) is 17.5. The van der Waals surface area contributed by atoms with Gasteiger partial charge in [0.2, 0.25) is 5.91 Å². The first-order valence-electron chi connectivity index (χ1n) is 10.9. The third-order valence-electron chi connectivity index (χ3n) is 6.34. The average molecular weight is 389 g/mol. The number of piperidine rings is 1. The van der Waals surface area contributed by atoms with Gasteiger partial charge >= 0.3 is 0 Å². The Morgan fingerprint density at radius 3 is 2.64 bits per heavy atom. The first-order chi connectivity index (χ1) is 13.7. The molecule has 1 aliphatic carbocycles. The zero-order valence-electron chi connectivity index (χ0n) is 17.5. The lowest BCUT2D eigenvalue weighted by molar-refractivity contribution is -0.121. The number of ether oxygens (including phenoxy) is 2. The molecule has 0 spiro atoms. The molecule has 28 heavy (non-hydrogen) atoms. The lowest BCUT2D eigenvalue weighted by Crippen LogP contribution is -2.38. The van der Waals surface area contributed by atoms with Crippen molar-refractivity contribution in [1.29, 1.82) is 0 Å². The zero-order chi connectivity index (χ0) is 19.8. The second-order valence-electron chi connectivity index (χ2n) is 8.41. The molecule has 1 aliphatic heterocycles. The number of amides is 1. The second-order valence-corrected chi connectivity index (χ2v) is 8.41. The molecule has 1 N–H and O–H groups in total. The highest BCUT2D eigenvalue weighted by Gasteiger charge is 2.24. The molecule has 1 aromatic rings. The van der Waals surface area contributed by atoms with Gasteiger partial charge in [0, 0.05) is 37.7 Å². The number of nitrogens with zero attached hydrogens (tertiary/aromatic N) is 1. The van der Waals surface area contributed by atoms with Crippen molar-refractivity contribution in [3.05, 3.63) is 23.8 Å². The quantitative estimate of drug-likeness (QED) is 0.695. The van der Waals surface area contributed by atoms with Crippen molar-refractivity contribution in [2.45, 2.75) is 57.9 Å². The molecule has 0 unspecified atom stereocenters. The van der Waals surface area contributed by atoms with Crippen LogP contribution in [0.2, 0.25) is 0 Å². The van der Waals surface area contributed by atoms with E-state index in [0.717, 1.165) is 29.4 Å². The number of hydrogen-bond donors (Lipinski definition) is 1. The van der Waals surface area contributed by atoms with E-state index in [1.807, 2.05) is 18.2 Å². The van der Waals surface area contributed by atoms with E-state index >= 15 is 0 Å². The van der Waals surface area contributed by atoms with Gasteiger partial charge in [-0.05, 0) is 62.6 Å². The molecule has 3 rings (SSSR count). The van der Waals surface area contributed by atoms with Crippen molar-refractivity contribution in [3.8, 4) is 11.5 Å². The van der Waals surface area contributed by atoms with Gasteiger partial charge < -0.3 is 19.7 Å². The Morgan fingerprint density at radius 1 is 1.11 bits per heavy atom. The van der Waals surface area contributed by atoms with Crippen LogP contribution in [0.4, 0.5) is 0 Å². The summed E-state index contributed by atoms with van der Waals surface area (Å²) >= 11 is 0. The van der Waals surface area contributed by atoms with E-state index in [2.05, 4.69) is 10.2 Å². The number of carbonyl (C=O) groups is 1. The summed E-state index contributed by atoms with van der Waals surface area (Å²) in [6, 6.07) is 5.69.